The normalized spacial score (nSPS) is 17.6. The van der Waals surface area contributed by atoms with Crippen LogP contribution in [0.5, 0.6) is 11.5 Å². The van der Waals surface area contributed by atoms with Gasteiger partial charge in [-0.2, -0.15) is 0 Å². The van der Waals surface area contributed by atoms with Crippen LogP contribution >= 0.6 is 0 Å². The summed E-state index contributed by atoms with van der Waals surface area (Å²) in [7, 11) is -3.04. The van der Waals surface area contributed by atoms with Gasteiger partial charge in [0.1, 0.15) is 17.5 Å². The van der Waals surface area contributed by atoms with Gasteiger partial charge in [-0.1, -0.05) is 37.3 Å². The molecule has 1 heterocycles. The molecule has 3 rings (SSSR count). The lowest BCUT2D eigenvalue weighted by atomic mass is 10.1. The minimum atomic E-state index is -3.04. The second-order valence-corrected chi connectivity index (χ2v) is 9.05. The van der Waals surface area contributed by atoms with Crippen molar-refractivity contribution in [2.45, 2.75) is 19.4 Å². The van der Waals surface area contributed by atoms with E-state index in [9.17, 15) is 13.2 Å². The third-order valence-electron chi connectivity index (χ3n) is 4.60. The van der Waals surface area contributed by atoms with Gasteiger partial charge in [0.25, 0.3) is 0 Å². The molecule has 1 saturated heterocycles. The zero-order valence-electron chi connectivity index (χ0n) is 15.9. The average molecular weight is 404 g/mol. The van der Waals surface area contributed by atoms with E-state index < -0.39 is 21.8 Å². The maximum Gasteiger partial charge on any atom is 0.333 e. The van der Waals surface area contributed by atoms with Crippen molar-refractivity contribution in [2.24, 2.45) is 0 Å². The first-order valence-electron chi connectivity index (χ1n) is 9.42. The topological polar surface area (TPSA) is 72.9 Å². The number of rotatable bonds is 7. The lowest BCUT2D eigenvalue weighted by Gasteiger charge is -2.33. The van der Waals surface area contributed by atoms with E-state index in [-0.39, 0.29) is 11.5 Å². The van der Waals surface area contributed by atoms with Crippen LogP contribution in [-0.4, -0.2) is 50.5 Å². The van der Waals surface area contributed by atoms with Crippen LogP contribution in [0, 0.1) is 0 Å². The molecule has 28 heavy (non-hydrogen) atoms. The molecule has 0 saturated carbocycles. The van der Waals surface area contributed by atoms with Gasteiger partial charge < -0.3 is 9.47 Å². The first-order valence-corrected chi connectivity index (χ1v) is 11.2. The van der Waals surface area contributed by atoms with E-state index in [1.165, 1.54) is 0 Å². The monoisotopic (exact) mass is 403 g/mol. The third-order valence-corrected chi connectivity index (χ3v) is 6.21. The van der Waals surface area contributed by atoms with Crippen molar-refractivity contribution in [2.75, 3.05) is 31.2 Å². The highest BCUT2D eigenvalue weighted by Crippen LogP contribution is 2.26. The molecular formula is C21H25NO5S. The summed E-state index contributed by atoms with van der Waals surface area (Å²) in [6.45, 7) is 3.28. The maximum atomic E-state index is 13.0. The molecule has 1 unspecified atom stereocenters. The number of carbonyl (C=O) groups is 1. The van der Waals surface area contributed by atoms with Crippen LogP contribution in [0.25, 0.3) is 0 Å². The summed E-state index contributed by atoms with van der Waals surface area (Å²) in [6.07, 6.45) is 0.918. The van der Waals surface area contributed by atoms with Gasteiger partial charge in [-0.05, 0) is 36.2 Å². The Morgan fingerprint density at radius 3 is 2.21 bits per heavy atom. The number of esters is 1. The number of carbonyl (C=O) groups excluding carboxylic acids is 1. The predicted molar refractivity (Wildman–Crippen MR) is 107 cm³/mol. The number of hydrogen-bond donors (Lipinski definition) is 0. The largest absolute Gasteiger partial charge is 0.494 e. The molecule has 2 aromatic carbocycles. The molecule has 2 aromatic rings. The number of sulfone groups is 1. The second kappa shape index (κ2) is 9.21. The van der Waals surface area contributed by atoms with Crippen LogP contribution < -0.4 is 9.47 Å². The molecule has 0 amide bonds. The summed E-state index contributed by atoms with van der Waals surface area (Å²) in [6, 6.07) is 15.6. The Balaban J connectivity index is 1.75. The molecule has 7 heteroatoms. The standard InChI is InChI=1S/C21H25NO5S/c1-2-14-26-18-8-10-19(11-9-18)27-21(23)20(17-6-4-3-5-7-17)22-12-15-28(24,25)16-13-22/h3-11,20H,2,12-16H2,1H3. The van der Waals surface area contributed by atoms with Crippen LogP contribution in [0.2, 0.25) is 0 Å². The van der Waals surface area contributed by atoms with Crippen LogP contribution in [-0.2, 0) is 14.6 Å². The third kappa shape index (κ3) is 5.33. The molecular weight excluding hydrogens is 378 g/mol. The zero-order valence-corrected chi connectivity index (χ0v) is 16.7. The van der Waals surface area contributed by atoms with Crippen molar-refractivity contribution >= 4 is 15.8 Å². The van der Waals surface area contributed by atoms with E-state index in [1.54, 1.807) is 24.3 Å². The van der Waals surface area contributed by atoms with Gasteiger partial charge in [-0.3, -0.25) is 4.90 Å². The van der Waals surface area contributed by atoms with E-state index >= 15 is 0 Å². The van der Waals surface area contributed by atoms with Gasteiger partial charge in [0.15, 0.2) is 9.84 Å². The van der Waals surface area contributed by atoms with Crippen molar-refractivity contribution in [3.63, 3.8) is 0 Å². The predicted octanol–water partition coefficient (Wildman–Crippen LogP) is 2.85. The van der Waals surface area contributed by atoms with Crippen LogP contribution in [0.3, 0.4) is 0 Å². The van der Waals surface area contributed by atoms with Gasteiger partial charge in [0.05, 0.1) is 18.1 Å². The Hall–Kier alpha value is -2.38. The van der Waals surface area contributed by atoms with Crippen LogP contribution in [0.15, 0.2) is 54.6 Å². The SMILES string of the molecule is CCCOc1ccc(OC(=O)C(c2ccccc2)N2CCS(=O)(=O)CC2)cc1. The molecule has 1 atom stereocenters. The molecule has 6 nitrogen and oxygen atoms in total. The quantitative estimate of drug-likeness (QED) is 0.523. The molecule has 1 fully saturated rings. The summed E-state index contributed by atoms with van der Waals surface area (Å²) < 4.78 is 34.7. The molecule has 0 bridgehead atoms. The zero-order chi connectivity index (χ0) is 20.0. The number of hydrogen-bond acceptors (Lipinski definition) is 6. The molecule has 0 N–H and O–H groups in total. The fourth-order valence-electron chi connectivity index (χ4n) is 3.11. The summed E-state index contributed by atoms with van der Waals surface area (Å²) in [5, 5.41) is 0. The second-order valence-electron chi connectivity index (χ2n) is 6.74. The van der Waals surface area contributed by atoms with Crippen molar-refractivity contribution in [3.8, 4) is 11.5 Å². The first-order chi connectivity index (χ1) is 13.5. The first kappa shape index (κ1) is 20.4. The van der Waals surface area contributed by atoms with E-state index in [0.29, 0.717) is 25.4 Å². The highest BCUT2D eigenvalue weighted by molar-refractivity contribution is 7.91. The highest BCUT2D eigenvalue weighted by atomic mass is 32.2. The van der Waals surface area contributed by atoms with E-state index in [2.05, 4.69) is 0 Å². The van der Waals surface area contributed by atoms with Gasteiger partial charge in [-0.15, -0.1) is 0 Å². The number of ether oxygens (including phenoxy) is 2. The van der Waals surface area contributed by atoms with E-state index in [0.717, 1.165) is 17.7 Å². The minimum Gasteiger partial charge on any atom is -0.494 e. The fourth-order valence-corrected chi connectivity index (χ4v) is 4.34. The maximum absolute atomic E-state index is 13.0. The van der Waals surface area contributed by atoms with Gasteiger partial charge in [-0.25, -0.2) is 13.2 Å². The lowest BCUT2D eigenvalue weighted by molar-refractivity contribution is -0.140. The van der Waals surface area contributed by atoms with Crippen molar-refractivity contribution < 1.29 is 22.7 Å². The van der Waals surface area contributed by atoms with Crippen molar-refractivity contribution in [1.29, 1.82) is 0 Å². The van der Waals surface area contributed by atoms with Crippen molar-refractivity contribution in [1.82, 2.24) is 4.90 Å². The van der Waals surface area contributed by atoms with Crippen molar-refractivity contribution in [3.05, 3.63) is 60.2 Å². The Kier molecular flexibility index (Phi) is 6.70. The van der Waals surface area contributed by atoms with Gasteiger partial charge in [0.2, 0.25) is 0 Å². The highest BCUT2D eigenvalue weighted by Gasteiger charge is 2.33. The molecule has 1 aliphatic heterocycles. The Morgan fingerprint density at radius 2 is 1.61 bits per heavy atom. The van der Waals surface area contributed by atoms with Gasteiger partial charge >= 0.3 is 5.97 Å². The molecule has 0 aromatic heterocycles. The molecule has 1 aliphatic rings. The molecule has 0 aliphatic carbocycles. The number of nitrogens with zero attached hydrogens (tertiary/aromatic N) is 1. The molecule has 0 spiro atoms. The van der Waals surface area contributed by atoms with Crippen LogP contribution in [0.4, 0.5) is 0 Å². The fraction of sp³-hybridized carbons (Fsp3) is 0.381. The summed E-state index contributed by atoms with van der Waals surface area (Å²) in [4.78, 5) is 14.9. The average Bonchev–Trinajstić information content (AvgIpc) is 2.70. The lowest BCUT2D eigenvalue weighted by Crippen LogP contribution is -2.45. The Bertz CT molecular complexity index is 867. The Labute approximate surface area is 166 Å². The smallest absolute Gasteiger partial charge is 0.333 e. The molecule has 150 valence electrons. The van der Waals surface area contributed by atoms with Gasteiger partial charge in [0, 0.05) is 13.1 Å². The summed E-state index contributed by atoms with van der Waals surface area (Å²) in [5.41, 5.74) is 0.787. The van der Waals surface area contributed by atoms with E-state index in [1.807, 2.05) is 42.2 Å². The summed E-state index contributed by atoms with van der Waals surface area (Å²) in [5.74, 6) is 0.829. The van der Waals surface area contributed by atoms with Crippen LogP contribution in [0.1, 0.15) is 24.9 Å². The number of benzene rings is 2. The molecule has 0 radical (unpaired) electrons. The van der Waals surface area contributed by atoms with E-state index in [4.69, 9.17) is 9.47 Å². The summed E-state index contributed by atoms with van der Waals surface area (Å²) >= 11 is 0. The minimum absolute atomic E-state index is 0.0487. The Morgan fingerprint density at radius 1 is 1.00 bits per heavy atom.